The molecule has 2 aliphatic heterocycles. The van der Waals surface area contributed by atoms with E-state index in [2.05, 4.69) is 22.1 Å². The number of amides is 1. The summed E-state index contributed by atoms with van der Waals surface area (Å²) in [5, 5.41) is 11.5. The van der Waals surface area contributed by atoms with Crippen LogP contribution < -0.4 is 4.74 Å². The lowest BCUT2D eigenvalue weighted by Gasteiger charge is -2.43. The first-order valence-electron chi connectivity index (χ1n) is 13.5. The third kappa shape index (κ3) is 5.70. The van der Waals surface area contributed by atoms with Gasteiger partial charge in [0.25, 0.3) is 0 Å². The summed E-state index contributed by atoms with van der Waals surface area (Å²) < 4.78 is 45.5. The SMILES string of the molecule is COc1cccc2c(C3CCN(C(CO)C4CCN(C(=O)/C=C/c5cc(F)c(F)c(F)c5)CC4)CC3)c[nH]c12. The molecule has 208 valence electrons. The Labute approximate surface area is 226 Å². The zero-order valence-corrected chi connectivity index (χ0v) is 22.0. The first kappa shape index (κ1) is 27.3. The fraction of sp³-hybridized carbons (Fsp3) is 0.433. The average molecular weight is 542 g/mol. The number of nitrogens with zero attached hydrogens (tertiary/aromatic N) is 2. The molecule has 1 unspecified atom stereocenters. The van der Waals surface area contributed by atoms with Crippen LogP contribution in [0.2, 0.25) is 0 Å². The molecule has 3 aromatic rings. The highest BCUT2D eigenvalue weighted by Gasteiger charge is 2.34. The van der Waals surface area contributed by atoms with Crippen molar-refractivity contribution in [2.75, 3.05) is 39.9 Å². The molecule has 0 radical (unpaired) electrons. The molecule has 1 amide bonds. The number of aromatic amines is 1. The van der Waals surface area contributed by atoms with Gasteiger partial charge in [-0.25, -0.2) is 13.2 Å². The number of H-pyrrole nitrogens is 1. The molecule has 0 spiro atoms. The van der Waals surface area contributed by atoms with Crippen LogP contribution in [0.5, 0.6) is 5.75 Å². The number of aliphatic hydroxyl groups excluding tert-OH is 1. The Kier molecular flexibility index (Phi) is 8.28. The highest BCUT2D eigenvalue weighted by molar-refractivity contribution is 5.92. The first-order valence-corrected chi connectivity index (χ1v) is 13.5. The molecule has 9 heteroatoms. The largest absolute Gasteiger partial charge is 0.495 e. The molecule has 2 saturated heterocycles. The Morgan fingerprint density at radius 3 is 2.44 bits per heavy atom. The van der Waals surface area contributed by atoms with Gasteiger partial charge in [0.05, 0.1) is 19.2 Å². The molecular formula is C30H34F3N3O3. The summed E-state index contributed by atoms with van der Waals surface area (Å²) in [5.74, 6) is -2.80. The van der Waals surface area contributed by atoms with Gasteiger partial charge in [-0.15, -0.1) is 0 Å². The van der Waals surface area contributed by atoms with Crippen LogP contribution in [-0.2, 0) is 4.79 Å². The number of carbonyl (C=O) groups excluding carboxylic acids is 1. The van der Waals surface area contributed by atoms with Gasteiger partial charge in [-0.3, -0.25) is 9.69 Å². The second kappa shape index (κ2) is 11.8. The molecule has 2 fully saturated rings. The van der Waals surface area contributed by atoms with Gasteiger partial charge in [0.15, 0.2) is 17.5 Å². The molecule has 1 aromatic heterocycles. The molecule has 5 rings (SSSR count). The normalized spacial score (nSPS) is 18.7. The predicted molar refractivity (Wildman–Crippen MR) is 144 cm³/mol. The molecule has 6 nitrogen and oxygen atoms in total. The summed E-state index contributed by atoms with van der Waals surface area (Å²) in [6, 6.07) is 7.88. The quantitative estimate of drug-likeness (QED) is 0.323. The van der Waals surface area contributed by atoms with E-state index >= 15 is 0 Å². The van der Waals surface area contributed by atoms with E-state index < -0.39 is 17.5 Å². The zero-order chi connectivity index (χ0) is 27.5. The van der Waals surface area contributed by atoms with Crippen LogP contribution in [0.4, 0.5) is 13.2 Å². The van der Waals surface area contributed by atoms with Crippen LogP contribution in [-0.4, -0.2) is 71.7 Å². The summed E-state index contributed by atoms with van der Waals surface area (Å²) in [7, 11) is 1.68. The third-order valence-corrected chi connectivity index (χ3v) is 8.37. The van der Waals surface area contributed by atoms with E-state index in [1.165, 1.54) is 23.1 Å². The standard InChI is InChI=1S/C30H34F3N3O3/c1-39-27-4-2-3-22-23(17-34-30(22)27)20-7-11-35(12-8-20)26(18-37)21-9-13-36(14-10-21)28(38)6-5-19-15-24(31)29(33)25(32)16-19/h2-6,15-17,20-21,26,34,37H,7-14,18H2,1H3/b6-5+. The minimum absolute atomic E-state index is 0.0481. The fourth-order valence-electron chi connectivity index (χ4n) is 6.21. The minimum atomic E-state index is -1.53. The highest BCUT2D eigenvalue weighted by atomic mass is 19.2. The zero-order valence-electron chi connectivity index (χ0n) is 22.0. The number of methoxy groups -OCH3 is 1. The number of aromatic nitrogens is 1. The number of aliphatic hydroxyl groups is 1. The number of likely N-dealkylation sites (tertiary alicyclic amines) is 2. The van der Waals surface area contributed by atoms with E-state index in [9.17, 15) is 23.1 Å². The molecule has 2 aromatic carbocycles. The summed E-state index contributed by atoms with van der Waals surface area (Å²) in [6.45, 7) is 2.97. The van der Waals surface area contributed by atoms with E-state index in [1.54, 1.807) is 12.0 Å². The Morgan fingerprint density at radius 1 is 1.10 bits per heavy atom. The second-order valence-corrected chi connectivity index (χ2v) is 10.5. The number of rotatable bonds is 7. The fourth-order valence-corrected chi connectivity index (χ4v) is 6.21. The Morgan fingerprint density at radius 2 is 1.79 bits per heavy atom. The summed E-state index contributed by atoms with van der Waals surface area (Å²) in [4.78, 5) is 20.1. The van der Waals surface area contributed by atoms with Crippen LogP contribution >= 0.6 is 0 Å². The van der Waals surface area contributed by atoms with Crippen molar-refractivity contribution in [1.29, 1.82) is 0 Å². The van der Waals surface area contributed by atoms with E-state index in [4.69, 9.17) is 4.74 Å². The average Bonchev–Trinajstić information content (AvgIpc) is 3.40. The lowest BCUT2D eigenvalue weighted by molar-refractivity contribution is -0.127. The van der Waals surface area contributed by atoms with Gasteiger partial charge >= 0.3 is 0 Å². The van der Waals surface area contributed by atoms with E-state index in [1.807, 2.05) is 12.1 Å². The summed E-state index contributed by atoms with van der Waals surface area (Å²) in [5.41, 5.74) is 2.43. The maximum Gasteiger partial charge on any atom is 0.246 e. The number of fused-ring (bicyclic) bond motifs is 1. The lowest BCUT2D eigenvalue weighted by atomic mass is 9.84. The monoisotopic (exact) mass is 541 g/mol. The van der Waals surface area contributed by atoms with Crippen molar-refractivity contribution in [1.82, 2.24) is 14.8 Å². The van der Waals surface area contributed by atoms with Gasteiger partial charge in [0.1, 0.15) is 5.75 Å². The molecule has 39 heavy (non-hydrogen) atoms. The molecule has 2 aliphatic rings. The van der Waals surface area contributed by atoms with Crippen LogP contribution in [0, 0.1) is 23.4 Å². The number of ether oxygens (including phenoxy) is 1. The van der Waals surface area contributed by atoms with Gasteiger partial charge in [-0.05, 0) is 86.0 Å². The number of carbonyl (C=O) groups is 1. The van der Waals surface area contributed by atoms with Crippen molar-refractivity contribution in [2.45, 2.75) is 37.6 Å². The predicted octanol–water partition coefficient (Wildman–Crippen LogP) is 5.09. The number of benzene rings is 2. The van der Waals surface area contributed by atoms with Crippen LogP contribution in [0.3, 0.4) is 0 Å². The van der Waals surface area contributed by atoms with Crippen molar-refractivity contribution in [2.24, 2.45) is 5.92 Å². The maximum atomic E-state index is 13.4. The molecule has 0 saturated carbocycles. The molecule has 0 bridgehead atoms. The Bertz CT molecular complexity index is 1320. The first-order chi connectivity index (χ1) is 18.9. The van der Waals surface area contributed by atoms with Gasteiger partial charge in [-0.2, -0.15) is 0 Å². The summed E-state index contributed by atoms with van der Waals surface area (Å²) in [6.07, 6.45) is 8.22. The van der Waals surface area contributed by atoms with Crippen molar-refractivity contribution < 1.29 is 27.8 Å². The molecule has 2 N–H and O–H groups in total. The summed E-state index contributed by atoms with van der Waals surface area (Å²) >= 11 is 0. The number of hydrogen-bond acceptors (Lipinski definition) is 4. The smallest absolute Gasteiger partial charge is 0.246 e. The van der Waals surface area contributed by atoms with Crippen molar-refractivity contribution in [3.05, 3.63) is 71.2 Å². The lowest BCUT2D eigenvalue weighted by Crippen LogP contribution is -2.50. The van der Waals surface area contributed by atoms with Gasteiger partial charge in [0.2, 0.25) is 5.91 Å². The molecule has 3 heterocycles. The molecule has 0 aliphatic carbocycles. The van der Waals surface area contributed by atoms with Crippen LogP contribution in [0.15, 0.2) is 42.6 Å². The third-order valence-electron chi connectivity index (χ3n) is 8.37. The Hall–Kier alpha value is -3.30. The number of para-hydroxylation sites is 1. The Balaban J connectivity index is 1.15. The van der Waals surface area contributed by atoms with Crippen molar-refractivity contribution >= 4 is 22.9 Å². The van der Waals surface area contributed by atoms with Crippen LogP contribution in [0.1, 0.15) is 42.7 Å². The highest BCUT2D eigenvalue weighted by Crippen LogP contribution is 2.37. The number of nitrogens with one attached hydrogen (secondary N) is 1. The van der Waals surface area contributed by atoms with Crippen molar-refractivity contribution in [3.8, 4) is 5.75 Å². The van der Waals surface area contributed by atoms with Crippen LogP contribution in [0.25, 0.3) is 17.0 Å². The minimum Gasteiger partial charge on any atom is -0.495 e. The topological polar surface area (TPSA) is 68.8 Å². The van der Waals surface area contributed by atoms with Gasteiger partial charge in [-0.1, -0.05) is 12.1 Å². The number of halogens is 3. The van der Waals surface area contributed by atoms with Gasteiger partial charge < -0.3 is 19.7 Å². The van der Waals surface area contributed by atoms with E-state index in [0.29, 0.717) is 19.0 Å². The van der Waals surface area contributed by atoms with Crippen molar-refractivity contribution in [3.63, 3.8) is 0 Å². The van der Waals surface area contributed by atoms with Gasteiger partial charge in [0, 0.05) is 36.8 Å². The maximum absolute atomic E-state index is 13.4. The van der Waals surface area contributed by atoms with E-state index in [-0.39, 0.29) is 30.0 Å². The van der Waals surface area contributed by atoms with E-state index in [0.717, 1.165) is 62.2 Å². The number of hydrogen-bond donors (Lipinski definition) is 2. The second-order valence-electron chi connectivity index (χ2n) is 10.5. The molecule has 1 atom stereocenters. The molecular weight excluding hydrogens is 507 g/mol. The number of piperidine rings is 2.